The first kappa shape index (κ1) is 17.4. The molecule has 0 fully saturated rings. The van der Waals surface area contributed by atoms with Crippen molar-refractivity contribution in [2.45, 2.75) is 26.3 Å². The standard InChI is InChI=1S/C15H22N2O3S/c1-10-5-6-13(12(9-10)14(18)19)16-15(20)17(3)11(2)7-8-21-4/h5-6,9,11H,7-8H2,1-4H3,(H,16,20)(H,18,19). The molecule has 0 radical (unpaired) electrons. The van der Waals surface area contributed by atoms with E-state index in [0.717, 1.165) is 17.7 Å². The molecule has 2 amide bonds. The Morgan fingerprint density at radius 2 is 2.10 bits per heavy atom. The average molecular weight is 310 g/mol. The molecule has 0 saturated heterocycles. The predicted molar refractivity (Wildman–Crippen MR) is 87.4 cm³/mol. The van der Waals surface area contributed by atoms with Crippen LogP contribution >= 0.6 is 11.8 Å². The highest BCUT2D eigenvalue weighted by molar-refractivity contribution is 7.98. The second-order valence-corrected chi connectivity index (χ2v) is 6.01. The SMILES string of the molecule is CSCCC(C)N(C)C(=O)Nc1ccc(C)cc1C(=O)O. The van der Waals surface area contributed by atoms with Crippen LogP contribution in [0, 0.1) is 6.92 Å². The molecule has 1 unspecified atom stereocenters. The van der Waals surface area contributed by atoms with Crippen LogP contribution in [0.4, 0.5) is 10.5 Å². The van der Waals surface area contributed by atoms with E-state index in [4.69, 9.17) is 0 Å². The van der Waals surface area contributed by atoms with Crippen LogP contribution in [0.15, 0.2) is 18.2 Å². The Labute approximate surface area is 129 Å². The van der Waals surface area contributed by atoms with E-state index in [0.29, 0.717) is 5.69 Å². The summed E-state index contributed by atoms with van der Waals surface area (Å²) in [4.78, 5) is 25.0. The van der Waals surface area contributed by atoms with Crippen LogP contribution in [0.1, 0.15) is 29.3 Å². The van der Waals surface area contributed by atoms with E-state index < -0.39 is 5.97 Å². The number of anilines is 1. The van der Waals surface area contributed by atoms with Crippen molar-refractivity contribution in [2.75, 3.05) is 24.4 Å². The van der Waals surface area contributed by atoms with Gasteiger partial charge in [-0.2, -0.15) is 11.8 Å². The number of thioether (sulfide) groups is 1. The van der Waals surface area contributed by atoms with Gasteiger partial charge < -0.3 is 15.3 Å². The number of carbonyl (C=O) groups is 2. The van der Waals surface area contributed by atoms with Gasteiger partial charge in [-0.25, -0.2) is 9.59 Å². The highest BCUT2D eigenvalue weighted by Crippen LogP contribution is 2.18. The highest BCUT2D eigenvalue weighted by Gasteiger charge is 2.18. The molecule has 0 saturated carbocycles. The van der Waals surface area contributed by atoms with E-state index >= 15 is 0 Å². The van der Waals surface area contributed by atoms with Gasteiger partial charge in [0.25, 0.3) is 0 Å². The molecule has 0 bridgehead atoms. The number of hydrogen-bond donors (Lipinski definition) is 2. The number of benzene rings is 1. The number of nitrogens with zero attached hydrogens (tertiary/aromatic N) is 1. The summed E-state index contributed by atoms with van der Waals surface area (Å²) in [6.45, 7) is 3.79. The number of amides is 2. The quantitative estimate of drug-likeness (QED) is 0.846. The van der Waals surface area contributed by atoms with Gasteiger partial charge in [-0.15, -0.1) is 0 Å². The Bertz CT molecular complexity index is 520. The summed E-state index contributed by atoms with van der Waals surface area (Å²) in [6, 6.07) is 4.75. The number of nitrogens with one attached hydrogen (secondary N) is 1. The van der Waals surface area contributed by atoms with Crippen LogP contribution < -0.4 is 5.32 Å². The van der Waals surface area contributed by atoms with Gasteiger partial charge >= 0.3 is 12.0 Å². The summed E-state index contributed by atoms with van der Waals surface area (Å²) >= 11 is 1.73. The Kier molecular flexibility index (Phi) is 6.55. The third kappa shape index (κ3) is 4.97. The van der Waals surface area contributed by atoms with Gasteiger partial charge in [0.05, 0.1) is 11.3 Å². The lowest BCUT2D eigenvalue weighted by Gasteiger charge is -2.25. The zero-order valence-corrected chi connectivity index (χ0v) is 13.7. The van der Waals surface area contributed by atoms with E-state index in [1.807, 2.05) is 20.1 Å². The second-order valence-electron chi connectivity index (χ2n) is 5.03. The molecule has 1 aromatic carbocycles. The molecule has 6 heteroatoms. The van der Waals surface area contributed by atoms with E-state index in [1.54, 1.807) is 41.9 Å². The molecule has 21 heavy (non-hydrogen) atoms. The molecule has 0 aliphatic heterocycles. The number of rotatable bonds is 6. The molecule has 1 atom stereocenters. The van der Waals surface area contributed by atoms with Crippen molar-refractivity contribution in [3.05, 3.63) is 29.3 Å². The molecular formula is C15H22N2O3S. The lowest BCUT2D eigenvalue weighted by Crippen LogP contribution is -2.38. The summed E-state index contributed by atoms with van der Waals surface area (Å²) in [5.74, 6) is -0.0731. The van der Waals surface area contributed by atoms with E-state index in [9.17, 15) is 14.7 Å². The largest absolute Gasteiger partial charge is 0.478 e. The fraction of sp³-hybridized carbons (Fsp3) is 0.467. The number of aryl methyl sites for hydroxylation is 1. The summed E-state index contributed by atoms with van der Waals surface area (Å²) in [7, 11) is 1.72. The molecule has 1 aromatic rings. The van der Waals surface area contributed by atoms with Crippen molar-refractivity contribution >= 4 is 29.4 Å². The highest BCUT2D eigenvalue weighted by atomic mass is 32.2. The van der Waals surface area contributed by atoms with Crippen LogP contribution in [-0.2, 0) is 0 Å². The van der Waals surface area contributed by atoms with Crippen molar-refractivity contribution in [3.63, 3.8) is 0 Å². The van der Waals surface area contributed by atoms with Gasteiger partial charge in [0.15, 0.2) is 0 Å². The fourth-order valence-electron chi connectivity index (χ4n) is 1.83. The Morgan fingerprint density at radius 3 is 2.67 bits per heavy atom. The number of carbonyl (C=O) groups excluding carboxylic acids is 1. The lowest BCUT2D eigenvalue weighted by molar-refractivity contribution is 0.0698. The maximum atomic E-state index is 12.2. The number of carboxylic acids is 1. The number of carboxylic acid groups (broad SMARTS) is 1. The summed E-state index contributed by atoms with van der Waals surface area (Å²) < 4.78 is 0. The van der Waals surface area contributed by atoms with Crippen LogP contribution in [0.25, 0.3) is 0 Å². The fourth-order valence-corrected chi connectivity index (χ4v) is 2.41. The van der Waals surface area contributed by atoms with Crippen molar-refractivity contribution < 1.29 is 14.7 Å². The summed E-state index contributed by atoms with van der Waals surface area (Å²) in [5, 5.41) is 11.9. The van der Waals surface area contributed by atoms with Gasteiger partial charge in [0, 0.05) is 13.1 Å². The van der Waals surface area contributed by atoms with Gasteiger partial charge in [0.2, 0.25) is 0 Å². The Hall–Kier alpha value is -1.69. The minimum atomic E-state index is -1.05. The predicted octanol–water partition coefficient (Wildman–Crippen LogP) is 3.30. The topological polar surface area (TPSA) is 69.6 Å². The third-order valence-electron chi connectivity index (χ3n) is 3.37. The van der Waals surface area contributed by atoms with E-state index in [1.165, 1.54) is 0 Å². The first-order chi connectivity index (χ1) is 9.86. The van der Waals surface area contributed by atoms with E-state index in [-0.39, 0.29) is 17.6 Å². The number of aromatic carboxylic acids is 1. The molecule has 0 heterocycles. The monoisotopic (exact) mass is 310 g/mol. The first-order valence-corrected chi connectivity index (χ1v) is 8.13. The number of hydrogen-bond acceptors (Lipinski definition) is 3. The smallest absolute Gasteiger partial charge is 0.337 e. The third-order valence-corrected chi connectivity index (χ3v) is 4.01. The maximum Gasteiger partial charge on any atom is 0.337 e. The number of urea groups is 1. The summed E-state index contributed by atoms with van der Waals surface area (Å²) in [5.41, 5.74) is 1.27. The molecule has 0 aliphatic carbocycles. The van der Waals surface area contributed by atoms with Crippen LogP contribution in [-0.4, -0.2) is 47.1 Å². The minimum Gasteiger partial charge on any atom is -0.478 e. The van der Waals surface area contributed by atoms with Crippen molar-refractivity contribution in [3.8, 4) is 0 Å². The van der Waals surface area contributed by atoms with Gasteiger partial charge in [-0.1, -0.05) is 11.6 Å². The van der Waals surface area contributed by atoms with Crippen LogP contribution in [0.5, 0.6) is 0 Å². The lowest BCUT2D eigenvalue weighted by atomic mass is 10.1. The normalized spacial score (nSPS) is 11.8. The minimum absolute atomic E-state index is 0.0937. The second kappa shape index (κ2) is 7.93. The first-order valence-electron chi connectivity index (χ1n) is 6.73. The average Bonchev–Trinajstić information content (AvgIpc) is 2.45. The molecule has 1 rings (SSSR count). The van der Waals surface area contributed by atoms with Gasteiger partial charge in [-0.05, 0) is 44.4 Å². The van der Waals surface area contributed by atoms with Crippen molar-refractivity contribution in [2.24, 2.45) is 0 Å². The van der Waals surface area contributed by atoms with Gasteiger partial charge in [0.1, 0.15) is 0 Å². The Morgan fingerprint density at radius 1 is 1.43 bits per heavy atom. The van der Waals surface area contributed by atoms with Gasteiger partial charge in [-0.3, -0.25) is 0 Å². The maximum absolute atomic E-state index is 12.2. The Balaban J connectivity index is 2.81. The zero-order chi connectivity index (χ0) is 16.0. The van der Waals surface area contributed by atoms with Crippen LogP contribution in [0.2, 0.25) is 0 Å². The van der Waals surface area contributed by atoms with E-state index in [2.05, 4.69) is 5.32 Å². The zero-order valence-electron chi connectivity index (χ0n) is 12.8. The molecule has 0 aromatic heterocycles. The molecule has 0 spiro atoms. The van der Waals surface area contributed by atoms with Crippen molar-refractivity contribution in [1.29, 1.82) is 0 Å². The molecule has 5 nitrogen and oxygen atoms in total. The van der Waals surface area contributed by atoms with Crippen molar-refractivity contribution in [1.82, 2.24) is 4.90 Å². The van der Waals surface area contributed by atoms with Crippen LogP contribution in [0.3, 0.4) is 0 Å². The molecular weight excluding hydrogens is 288 g/mol. The molecule has 116 valence electrons. The summed E-state index contributed by atoms with van der Waals surface area (Å²) in [6.07, 6.45) is 2.92. The molecule has 0 aliphatic rings. The molecule has 2 N–H and O–H groups in total.